The van der Waals surface area contributed by atoms with E-state index in [2.05, 4.69) is 27.4 Å². The summed E-state index contributed by atoms with van der Waals surface area (Å²) in [4.78, 5) is 38.0. The van der Waals surface area contributed by atoms with Gasteiger partial charge in [-0.1, -0.05) is 33.8 Å². The molecule has 5 aliphatic rings. The minimum atomic E-state index is -4.98. The van der Waals surface area contributed by atoms with E-state index in [0.717, 1.165) is 12.8 Å². The van der Waals surface area contributed by atoms with Crippen LogP contribution in [0.15, 0.2) is 12.7 Å². The Morgan fingerprint density at radius 1 is 1.20 bits per heavy atom. The first kappa shape index (κ1) is 30.9. The molecule has 12 atom stereocenters. The van der Waals surface area contributed by atoms with Crippen molar-refractivity contribution in [2.24, 2.45) is 39.4 Å². The van der Waals surface area contributed by atoms with Crippen molar-refractivity contribution in [3.8, 4) is 0 Å². The number of carbonyl (C=O) groups is 3. The van der Waals surface area contributed by atoms with Crippen LogP contribution in [0.1, 0.15) is 72.6 Å². The standard InChI is InChI=1S/C30H42F3NO6S/c1-6-26(4)13-21(27(5)15(2)12-29-20(36)9-10-28(29,24(27)29)16(3)23(26)38)40-22(37)14-41-19-8-7-17(11-18(19)35)34-25(39)30(31,32)33/h6,15-19,21,23-24,35,38H,1,7-14H2,2-5H3,(H,34,39)/t15?,16-,17+,18+,19+,21+,23-,24-,26+,27-,28+,29?/m0/s1. The number of hydrogen-bond donors (Lipinski definition) is 3. The number of carbonyl (C=O) groups excluding carboxylic acids is 3. The quantitative estimate of drug-likeness (QED) is 0.309. The molecule has 0 heterocycles. The molecular formula is C30H42F3NO6S. The number of halogens is 3. The highest BCUT2D eigenvalue weighted by Crippen LogP contribution is 2.91. The molecule has 0 aliphatic heterocycles. The third-order valence-electron chi connectivity index (χ3n) is 12.1. The highest BCUT2D eigenvalue weighted by Gasteiger charge is 2.92. The van der Waals surface area contributed by atoms with Crippen molar-refractivity contribution in [3.05, 3.63) is 12.7 Å². The van der Waals surface area contributed by atoms with E-state index in [1.807, 2.05) is 12.2 Å². The minimum Gasteiger partial charge on any atom is -0.461 e. The number of hydrogen-bond acceptors (Lipinski definition) is 7. The zero-order chi connectivity index (χ0) is 30.3. The summed E-state index contributed by atoms with van der Waals surface area (Å²) in [6.45, 7) is 12.3. The molecule has 0 aromatic heterocycles. The number of ether oxygens (including phenoxy) is 1. The summed E-state index contributed by atoms with van der Waals surface area (Å²) in [6.07, 6.45) is -2.55. The summed E-state index contributed by atoms with van der Waals surface area (Å²) in [5.74, 6) is -2.19. The number of aliphatic hydroxyl groups excluding tert-OH is 2. The number of aliphatic hydroxyl groups is 2. The molecule has 41 heavy (non-hydrogen) atoms. The maximum atomic E-state index is 13.4. The van der Waals surface area contributed by atoms with Crippen molar-refractivity contribution in [1.29, 1.82) is 0 Å². The largest absolute Gasteiger partial charge is 0.471 e. The molecule has 2 unspecified atom stereocenters. The lowest BCUT2D eigenvalue weighted by molar-refractivity contribution is -0.174. The van der Waals surface area contributed by atoms with E-state index in [-0.39, 0.29) is 52.8 Å². The van der Waals surface area contributed by atoms with Crippen molar-refractivity contribution in [1.82, 2.24) is 5.32 Å². The van der Waals surface area contributed by atoms with E-state index in [4.69, 9.17) is 4.74 Å². The van der Waals surface area contributed by atoms with Gasteiger partial charge in [0.1, 0.15) is 11.9 Å². The number of nitrogens with one attached hydrogen (secondary N) is 1. The molecule has 0 bridgehead atoms. The number of ketones is 1. The van der Waals surface area contributed by atoms with Crippen LogP contribution in [-0.4, -0.2) is 69.4 Å². The average Bonchev–Trinajstić information content (AvgIpc) is 3.27. The van der Waals surface area contributed by atoms with Crippen LogP contribution in [0, 0.1) is 39.4 Å². The van der Waals surface area contributed by atoms with Crippen LogP contribution < -0.4 is 5.32 Å². The molecule has 0 saturated heterocycles. The van der Waals surface area contributed by atoms with Crippen LogP contribution in [0.5, 0.6) is 0 Å². The molecule has 1 amide bonds. The highest BCUT2D eigenvalue weighted by molar-refractivity contribution is 8.00. The first-order valence-electron chi connectivity index (χ1n) is 14.7. The Morgan fingerprint density at radius 3 is 2.49 bits per heavy atom. The number of Topliss-reactive ketones (excluding diaryl/α,β-unsaturated/α-hetero) is 1. The van der Waals surface area contributed by atoms with Crippen molar-refractivity contribution in [2.45, 2.75) is 108 Å². The maximum Gasteiger partial charge on any atom is 0.471 e. The molecule has 0 aromatic carbocycles. The zero-order valence-corrected chi connectivity index (χ0v) is 24.9. The van der Waals surface area contributed by atoms with E-state index >= 15 is 0 Å². The highest BCUT2D eigenvalue weighted by atomic mass is 32.2. The Morgan fingerprint density at radius 2 is 1.88 bits per heavy atom. The fourth-order valence-electron chi connectivity index (χ4n) is 9.90. The molecular weight excluding hydrogens is 559 g/mol. The van der Waals surface area contributed by atoms with E-state index in [0.29, 0.717) is 19.3 Å². The lowest BCUT2D eigenvalue weighted by atomic mass is 9.57. The molecule has 230 valence electrons. The third kappa shape index (κ3) is 4.33. The molecule has 5 fully saturated rings. The van der Waals surface area contributed by atoms with Gasteiger partial charge in [0.25, 0.3) is 0 Å². The number of esters is 1. The van der Waals surface area contributed by atoms with Crippen LogP contribution >= 0.6 is 11.8 Å². The van der Waals surface area contributed by atoms with Crippen molar-refractivity contribution in [3.63, 3.8) is 0 Å². The van der Waals surface area contributed by atoms with Crippen LogP contribution in [0.3, 0.4) is 0 Å². The summed E-state index contributed by atoms with van der Waals surface area (Å²) in [6, 6.07) is -0.785. The van der Waals surface area contributed by atoms with Gasteiger partial charge in [0.15, 0.2) is 0 Å². The molecule has 11 heteroatoms. The van der Waals surface area contributed by atoms with E-state index in [1.165, 1.54) is 11.8 Å². The molecule has 2 spiro atoms. The summed E-state index contributed by atoms with van der Waals surface area (Å²) >= 11 is 1.21. The third-order valence-corrected chi connectivity index (χ3v) is 13.5. The van der Waals surface area contributed by atoms with E-state index in [1.54, 1.807) is 6.08 Å². The van der Waals surface area contributed by atoms with Gasteiger partial charge in [0.2, 0.25) is 0 Å². The second kappa shape index (κ2) is 9.97. The molecule has 0 aromatic rings. The monoisotopic (exact) mass is 601 g/mol. The average molecular weight is 602 g/mol. The molecule has 3 N–H and O–H groups in total. The number of rotatable bonds is 6. The van der Waals surface area contributed by atoms with Crippen molar-refractivity contribution < 1.29 is 42.5 Å². The Hall–Kier alpha value is -1.59. The minimum absolute atomic E-state index is 0.0274. The molecule has 0 radical (unpaired) electrons. The van der Waals surface area contributed by atoms with E-state index < -0.39 is 58.7 Å². The van der Waals surface area contributed by atoms with Gasteiger partial charge in [0, 0.05) is 34.0 Å². The smallest absolute Gasteiger partial charge is 0.461 e. The molecule has 7 nitrogen and oxygen atoms in total. The van der Waals surface area contributed by atoms with Crippen LogP contribution in [0.25, 0.3) is 0 Å². The van der Waals surface area contributed by atoms with Gasteiger partial charge < -0.3 is 20.3 Å². The summed E-state index contributed by atoms with van der Waals surface area (Å²) in [7, 11) is 0. The van der Waals surface area contributed by atoms with Crippen molar-refractivity contribution in [2.75, 3.05) is 5.75 Å². The van der Waals surface area contributed by atoms with Crippen LogP contribution in [0.4, 0.5) is 13.2 Å². The summed E-state index contributed by atoms with van der Waals surface area (Å²) < 4.78 is 44.0. The van der Waals surface area contributed by atoms with Crippen LogP contribution in [0.2, 0.25) is 0 Å². The molecule has 5 rings (SSSR count). The summed E-state index contributed by atoms with van der Waals surface area (Å²) in [5, 5.41) is 23.7. The Labute approximate surface area is 243 Å². The van der Waals surface area contributed by atoms with Gasteiger partial charge >= 0.3 is 18.1 Å². The van der Waals surface area contributed by atoms with Gasteiger partial charge in [-0.25, -0.2) is 0 Å². The predicted octanol–water partition coefficient (Wildman–Crippen LogP) is 4.20. The van der Waals surface area contributed by atoms with Crippen LogP contribution in [-0.2, 0) is 19.1 Å². The first-order chi connectivity index (χ1) is 19.0. The van der Waals surface area contributed by atoms with Gasteiger partial charge in [-0.05, 0) is 61.7 Å². The molecule has 5 saturated carbocycles. The Bertz CT molecular complexity index is 1130. The Balaban J connectivity index is 1.29. The number of amides is 1. The lowest BCUT2D eigenvalue weighted by Crippen LogP contribution is -2.53. The molecule has 5 aliphatic carbocycles. The second-order valence-corrected chi connectivity index (χ2v) is 15.1. The van der Waals surface area contributed by atoms with Crippen molar-refractivity contribution >= 4 is 29.4 Å². The number of thioether (sulfide) groups is 1. The van der Waals surface area contributed by atoms with Gasteiger partial charge in [-0.2, -0.15) is 13.2 Å². The van der Waals surface area contributed by atoms with E-state index in [9.17, 15) is 37.8 Å². The van der Waals surface area contributed by atoms with Gasteiger partial charge in [-0.15, -0.1) is 18.3 Å². The fraction of sp³-hybridized carbons (Fsp3) is 0.833. The van der Waals surface area contributed by atoms with Gasteiger partial charge in [0.05, 0.1) is 18.0 Å². The lowest BCUT2D eigenvalue weighted by Gasteiger charge is -2.51. The maximum absolute atomic E-state index is 13.4. The normalized spacial score (nSPS) is 48.9. The SMILES string of the molecule is C=C[C@]1(C)C[C@@H](OC(=O)CS[C@@H]2CC[C@@H](NC(=O)C(F)(F)F)C[C@H]2O)[C@]2(C)C(C)CC34C(=O)CC[C@@]3([C@@H](C)[C@@H]1O)[C@@H]42. The predicted molar refractivity (Wildman–Crippen MR) is 147 cm³/mol. The first-order valence-corrected chi connectivity index (χ1v) is 15.8. The summed E-state index contributed by atoms with van der Waals surface area (Å²) in [5.41, 5.74) is -1.97. The van der Waals surface area contributed by atoms with Gasteiger partial charge in [-0.3, -0.25) is 14.4 Å². The topological polar surface area (TPSA) is 113 Å². The number of alkyl halides is 3. The second-order valence-electron chi connectivity index (χ2n) is 13.9. The Kier molecular flexibility index (Phi) is 7.51. The fourth-order valence-corrected chi connectivity index (χ4v) is 11.0. The zero-order valence-electron chi connectivity index (χ0n) is 24.1.